The molecule has 1 aromatic carbocycles. The number of rotatable bonds is 6. The van der Waals surface area contributed by atoms with Gasteiger partial charge in [0.05, 0.1) is 11.9 Å². The van der Waals surface area contributed by atoms with Crippen LogP contribution in [0, 0.1) is 0 Å². The van der Waals surface area contributed by atoms with Gasteiger partial charge in [0.2, 0.25) is 0 Å². The number of hydrogen-bond acceptors (Lipinski definition) is 5. The van der Waals surface area contributed by atoms with Crippen LogP contribution in [-0.2, 0) is 42.4 Å². The first-order chi connectivity index (χ1) is 16.4. The van der Waals surface area contributed by atoms with Gasteiger partial charge in [0.1, 0.15) is 0 Å². The number of urea groups is 1. The fourth-order valence-electron chi connectivity index (χ4n) is 5.65. The summed E-state index contributed by atoms with van der Waals surface area (Å²) in [4.78, 5) is 15.2. The maximum Gasteiger partial charge on any atom is 1.00 e. The van der Waals surface area contributed by atoms with Crippen molar-refractivity contribution in [1.82, 2.24) is 14.7 Å². The van der Waals surface area contributed by atoms with E-state index in [1.54, 1.807) is 17.1 Å². The molecule has 0 bridgehead atoms. The zero-order valence-corrected chi connectivity index (χ0v) is 23.8. The van der Waals surface area contributed by atoms with E-state index in [2.05, 4.69) is 26.1 Å². The van der Waals surface area contributed by atoms with E-state index in [1.807, 2.05) is 14.0 Å². The summed E-state index contributed by atoms with van der Waals surface area (Å²) in [5.41, 5.74) is 6.11. The van der Waals surface area contributed by atoms with E-state index < -0.39 is 16.2 Å². The second kappa shape index (κ2) is 10.8. The summed E-state index contributed by atoms with van der Waals surface area (Å²) < 4.78 is 33.8. The second-order valence-corrected chi connectivity index (χ2v) is 11.1. The molecule has 2 heterocycles. The Bertz CT molecular complexity index is 1160. The molecule has 1 aromatic heterocycles. The van der Waals surface area contributed by atoms with Gasteiger partial charge in [0.15, 0.2) is 6.03 Å². The number of hydrogen-bond donors (Lipinski definition) is 1. The van der Waals surface area contributed by atoms with Crippen LogP contribution in [0.1, 0.15) is 54.9 Å². The summed E-state index contributed by atoms with van der Waals surface area (Å²) in [7, 11) is -2.23. The van der Waals surface area contributed by atoms with Crippen LogP contribution in [0.15, 0.2) is 18.5 Å². The van der Waals surface area contributed by atoms with E-state index in [-0.39, 0.29) is 35.6 Å². The van der Waals surface area contributed by atoms with E-state index >= 15 is 0 Å². The van der Waals surface area contributed by atoms with Gasteiger partial charge >= 0.3 is 29.6 Å². The second-order valence-electron chi connectivity index (χ2n) is 9.62. The third kappa shape index (κ3) is 5.41. The zero-order valence-electron chi connectivity index (χ0n) is 21.0. The number of aromatic nitrogens is 2. The number of fused-ring (bicyclic) bond motifs is 2. The fourth-order valence-corrected chi connectivity index (χ4v) is 6.94. The Morgan fingerprint density at radius 3 is 2.34 bits per heavy atom. The third-order valence-corrected chi connectivity index (χ3v) is 8.77. The van der Waals surface area contributed by atoms with Crippen molar-refractivity contribution in [2.45, 2.75) is 70.9 Å². The van der Waals surface area contributed by atoms with Gasteiger partial charge in [0, 0.05) is 18.8 Å². The van der Waals surface area contributed by atoms with Crippen LogP contribution in [0.2, 0.25) is 0 Å². The van der Waals surface area contributed by atoms with Crippen molar-refractivity contribution in [3.8, 4) is 0 Å². The average molecular weight is 509 g/mol. The van der Waals surface area contributed by atoms with Gasteiger partial charge in [-0.3, -0.25) is 13.8 Å². The monoisotopic (exact) mass is 508 g/mol. The van der Waals surface area contributed by atoms with Gasteiger partial charge in [-0.15, -0.1) is 0 Å². The van der Waals surface area contributed by atoms with Crippen molar-refractivity contribution in [2.75, 3.05) is 29.8 Å². The van der Waals surface area contributed by atoms with Crippen LogP contribution >= 0.6 is 0 Å². The number of likely N-dealkylation sites (tertiary alicyclic amines) is 1. The predicted molar refractivity (Wildman–Crippen MR) is 133 cm³/mol. The number of nitrogens with zero attached hydrogens (tertiary/aromatic N) is 5. The molecule has 35 heavy (non-hydrogen) atoms. The number of amides is 2. The number of piperidine rings is 1. The topological polar surface area (TPSA) is 102 Å². The molecular weight excluding hydrogens is 475 g/mol. The maximum atomic E-state index is 13.5. The zero-order chi connectivity index (χ0) is 23.9. The Morgan fingerprint density at radius 2 is 1.77 bits per heavy atom. The van der Waals surface area contributed by atoms with Gasteiger partial charge in [-0.25, -0.2) is 8.42 Å². The number of benzene rings is 1. The molecular formula is C24H33N6NaO3S. The number of aryl methyl sites for hydroxylation is 3. The van der Waals surface area contributed by atoms with E-state index in [9.17, 15) is 13.2 Å². The summed E-state index contributed by atoms with van der Waals surface area (Å²) in [6.07, 6.45) is 10.5. The largest absolute Gasteiger partial charge is 1.00 e. The van der Waals surface area contributed by atoms with Crippen LogP contribution in [0.5, 0.6) is 0 Å². The normalized spacial score (nSPS) is 18.0. The first-order valence-electron chi connectivity index (χ1n) is 12.3. The molecule has 5 rings (SSSR count). The summed E-state index contributed by atoms with van der Waals surface area (Å²) >= 11 is 0. The smallest absolute Gasteiger partial charge is 0.423 e. The fraction of sp³-hybridized carbons (Fsp3) is 0.583. The Balaban J connectivity index is 0.00000289. The van der Waals surface area contributed by atoms with Crippen LogP contribution in [0.4, 0.5) is 16.2 Å². The molecule has 0 radical (unpaired) electrons. The minimum Gasteiger partial charge on any atom is -0.423 e. The Hall–Kier alpha value is -1.59. The molecule has 2 aliphatic carbocycles. The molecule has 0 saturated carbocycles. The van der Waals surface area contributed by atoms with Gasteiger partial charge in [-0.1, -0.05) is 6.07 Å². The molecule has 0 atom stereocenters. The molecule has 9 nitrogen and oxygen atoms in total. The summed E-state index contributed by atoms with van der Waals surface area (Å²) in [6, 6.07) is 1.19. The first kappa shape index (κ1) is 26.5. The number of nitrogens with one attached hydrogen (secondary N) is 1. The number of carbonyl (C=O) groups is 1. The first-order valence-corrected chi connectivity index (χ1v) is 13.7. The minimum atomic E-state index is -4.26. The van der Waals surface area contributed by atoms with Gasteiger partial charge in [0.25, 0.3) is 10.2 Å². The molecule has 1 fully saturated rings. The maximum absolute atomic E-state index is 13.5. The van der Waals surface area contributed by atoms with Crippen LogP contribution in [0.25, 0.3) is 4.72 Å². The molecule has 1 saturated heterocycles. The third-order valence-electron chi connectivity index (χ3n) is 7.37. The van der Waals surface area contributed by atoms with Gasteiger partial charge in [-0.2, -0.15) is 5.10 Å². The van der Waals surface area contributed by atoms with Gasteiger partial charge < -0.3 is 14.9 Å². The average Bonchev–Trinajstić information content (AvgIpc) is 3.55. The molecule has 1 aliphatic heterocycles. The Morgan fingerprint density at radius 1 is 1.14 bits per heavy atom. The molecule has 3 aliphatic rings. The minimum absolute atomic E-state index is 0. The summed E-state index contributed by atoms with van der Waals surface area (Å²) in [5, 5.41) is 7.15. The summed E-state index contributed by atoms with van der Waals surface area (Å²) in [5.74, 6) is 0. The molecule has 2 amide bonds. The van der Waals surface area contributed by atoms with Crippen LogP contribution in [0.3, 0.4) is 0 Å². The SMILES string of the molecule is CCn1cc(N(C2CCN(C)CC2)S(=O)(=O)[N-]C(=O)Nc2c3c(cc4c2CCC4)CCC3)cn1.[Na+]. The Labute approximate surface area is 230 Å². The summed E-state index contributed by atoms with van der Waals surface area (Å²) in [6.45, 7) is 4.14. The van der Waals surface area contributed by atoms with Crippen molar-refractivity contribution in [2.24, 2.45) is 0 Å². The number of carbonyl (C=O) groups excluding carboxylic acids is 1. The van der Waals surface area contributed by atoms with Crippen molar-refractivity contribution in [3.63, 3.8) is 0 Å². The molecule has 2 aromatic rings. The van der Waals surface area contributed by atoms with Crippen molar-refractivity contribution >= 4 is 27.6 Å². The van der Waals surface area contributed by atoms with E-state index in [4.69, 9.17) is 0 Å². The Kier molecular flexibility index (Phi) is 8.17. The molecule has 11 heteroatoms. The quantitative estimate of drug-likeness (QED) is 0.577. The molecule has 1 N–H and O–H groups in total. The van der Waals surface area contributed by atoms with Crippen LogP contribution in [-0.4, -0.2) is 55.3 Å². The van der Waals surface area contributed by atoms with Crippen molar-refractivity contribution in [1.29, 1.82) is 0 Å². The van der Waals surface area contributed by atoms with Crippen LogP contribution < -0.4 is 39.2 Å². The molecule has 184 valence electrons. The standard InChI is InChI=1S/C24H34N6O3S.Na/c1-3-29-16-20(15-25-29)30(19-10-12-28(2)13-11-19)34(32,33)27-24(31)26-23-21-8-4-6-17(21)14-18-7-5-9-22(18)23;/h14-16,19H,3-13H2,1-2H3,(H2,26,27,31);/q;+1/p-1. The molecule has 0 unspecified atom stereocenters. The molecule has 0 spiro atoms. The number of anilines is 2. The van der Waals surface area contributed by atoms with E-state index in [0.717, 1.165) is 68.4 Å². The van der Waals surface area contributed by atoms with E-state index in [0.29, 0.717) is 25.1 Å². The van der Waals surface area contributed by atoms with Gasteiger partial charge in [-0.05, 0) is 106 Å². The van der Waals surface area contributed by atoms with E-state index in [1.165, 1.54) is 15.4 Å². The van der Waals surface area contributed by atoms with Crippen molar-refractivity contribution < 1.29 is 42.8 Å². The predicted octanol–water partition coefficient (Wildman–Crippen LogP) is 0.636. The van der Waals surface area contributed by atoms with Crippen molar-refractivity contribution in [3.05, 3.63) is 45.4 Å².